The highest BCUT2D eigenvalue weighted by Crippen LogP contribution is 2.43. The highest BCUT2D eigenvalue weighted by Gasteiger charge is 2.35. The summed E-state index contributed by atoms with van der Waals surface area (Å²) in [5.74, 6) is 0.0206. The zero-order valence-electron chi connectivity index (χ0n) is 11.0. The number of amides is 1. The van der Waals surface area contributed by atoms with Crippen LogP contribution < -0.4 is 5.32 Å². The Bertz CT molecular complexity index is 555. The molecular weight excluding hydrogens is 244 g/mol. The minimum absolute atomic E-state index is 0.0206. The number of carbonyl (C=O) groups is 1. The van der Waals surface area contributed by atoms with Gasteiger partial charge in [-0.05, 0) is 45.4 Å². The molecule has 0 atom stereocenters. The summed E-state index contributed by atoms with van der Waals surface area (Å²) in [5, 5.41) is 12.1. The van der Waals surface area contributed by atoms with Gasteiger partial charge in [0.1, 0.15) is 0 Å². The van der Waals surface area contributed by atoms with Crippen molar-refractivity contribution in [1.82, 2.24) is 0 Å². The second kappa shape index (κ2) is 4.03. The van der Waals surface area contributed by atoms with Gasteiger partial charge in [-0.1, -0.05) is 6.07 Å². The number of hydrogen-bond donors (Lipinski definition) is 1. The number of nitrogens with zero attached hydrogens (tertiary/aromatic N) is 1. The zero-order valence-corrected chi connectivity index (χ0v) is 11.8. The monoisotopic (exact) mass is 260 g/mol. The van der Waals surface area contributed by atoms with E-state index < -0.39 is 10.2 Å². The predicted octanol–water partition coefficient (Wildman–Crippen LogP) is 3.31. The van der Waals surface area contributed by atoms with E-state index in [-0.39, 0.29) is 5.91 Å². The lowest BCUT2D eigenvalue weighted by atomic mass is 9.86. The van der Waals surface area contributed by atoms with Gasteiger partial charge in [-0.2, -0.15) is 5.26 Å². The van der Waals surface area contributed by atoms with E-state index in [4.69, 9.17) is 5.26 Å². The maximum atomic E-state index is 11.8. The third-order valence-corrected chi connectivity index (χ3v) is 4.40. The van der Waals surface area contributed by atoms with Crippen molar-refractivity contribution in [2.24, 2.45) is 0 Å². The summed E-state index contributed by atoms with van der Waals surface area (Å²) in [4.78, 5) is 12.9. The SMILES string of the molecule is CC1(C)Sc2cc(C(C)(C)C#N)ccc2NC1=O. The minimum Gasteiger partial charge on any atom is -0.324 e. The van der Waals surface area contributed by atoms with Crippen LogP contribution in [0.3, 0.4) is 0 Å². The van der Waals surface area contributed by atoms with Crippen LogP contribution in [0.15, 0.2) is 23.1 Å². The van der Waals surface area contributed by atoms with E-state index in [1.54, 1.807) is 11.8 Å². The van der Waals surface area contributed by atoms with E-state index in [2.05, 4.69) is 11.4 Å². The first kappa shape index (κ1) is 13.0. The van der Waals surface area contributed by atoms with Gasteiger partial charge in [-0.3, -0.25) is 4.79 Å². The van der Waals surface area contributed by atoms with E-state index in [1.807, 2.05) is 45.9 Å². The molecule has 4 heteroatoms. The molecule has 2 rings (SSSR count). The average Bonchev–Trinajstić information content (AvgIpc) is 2.29. The van der Waals surface area contributed by atoms with Gasteiger partial charge in [-0.25, -0.2) is 0 Å². The topological polar surface area (TPSA) is 52.9 Å². The molecule has 0 bridgehead atoms. The summed E-state index contributed by atoms with van der Waals surface area (Å²) in [6, 6.07) is 8.08. The second-order valence-corrected chi connectivity index (χ2v) is 7.18. The number of carbonyl (C=O) groups excluding carboxylic acids is 1. The molecule has 1 aromatic rings. The normalized spacial score (nSPS) is 17.6. The molecule has 0 radical (unpaired) electrons. The quantitative estimate of drug-likeness (QED) is 0.842. The Morgan fingerprint density at radius 1 is 1.39 bits per heavy atom. The highest BCUT2D eigenvalue weighted by molar-refractivity contribution is 8.01. The fraction of sp³-hybridized carbons (Fsp3) is 0.429. The summed E-state index contributed by atoms with van der Waals surface area (Å²) in [5.41, 5.74) is 1.30. The molecule has 0 aromatic heterocycles. The number of rotatable bonds is 1. The van der Waals surface area contributed by atoms with Crippen molar-refractivity contribution in [2.45, 2.75) is 42.8 Å². The van der Waals surface area contributed by atoms with Gasteiger partial charge < -0.3 is 5.32 Å². The fourth-order valence-electron chi connectivity index (χ4n) is 1.76. The van der Waals surface area contributed by atoms with Gasteiger partial charge in [0.15, 0.2) is 0 Å². The molecule has 0 aliphatic carbocycles. The van der Waals surface area contributed by atoms with Gasteiger partial charge in [0.25, 0.3) is 0 Å². The van der Waals surface area contributed by atoms with Crippen molar-refractivity contribution in [3.63, 3.8) is 0 Å². The largest absolute Gasteiger partial charge is 0.324 e. The van der Waals surface area contributed by atoms with E-state index in [0.29, 0.717) is 0 Å². The van der Waals surface area contributed by atoms with E-state index in [1.165, 1.54) is 0 Å². The summed E-state index contributed by atoms with van der Waals surface area (Å²) in [6.07, 6.45) is 0. The Balaban J connectivity index is 2.47. The molecule has 1 N–H and O–H groups in total. The molecule has 1 heterocycles. The van der Waals surface area contributed by atoms with Crippen LogP contribution in [0.4, 0.5) is 5.69 Å². The van der Waals surface area contributed by atoms with Crippen LogP contribution in [-0.2, 0) is 10.2 Å². The predicted molar refractivity (Wildman–Crippen MR) is 73.6 cm³/mol. The minimum atomic E-state index is -0.513. The van der Waals surface area contributed by atoms with Crippen molar-refractivity contribution in [1.29, 1.82) is 5.26 Å². The molecule has 1 aliphatic heterocycles. The Hall–Kier alpha value is -1.47. The third-order valence-electron chi connectivity index (χ3n) is 3.14. The molecule has 18 heavy (non-hydrogen) atoms. The Kier molecular flexibility index (Phi) is 2.90. The number of thioether (sulfide) groups is 1. The summed E-state index contributed by atoms with van der Waals surface area (Å²) in [7, 11) is 0. The van der Waals surface area contributed by atoms with Crippen LogP contribution in [0.2, 0.25) is 0 Å². The van der Waals surface area contributed by atoms with Crippen molar-refractivity contribution in [3.05, 3.63) is 23.8 Å². The molecular formula is C14H16N2OS. The third kappa shape index (κ3) is 2.11. The molecule has 0 saturated heterocycles. The zero-order chi connectivity index (χ0) is 13.6. The van der Waals surface area contributed by atoms with Crippen LogP contribution in [0.5, 0.6) is 0 Å². The van der Waals surface area contributed by atoms with Gasteiger partial charge >= 0.3 is 0 Å². The maximum Gasteiger partial charge on any atom is 0.240 e. The van der Waals surface area contributed by atoms with E-state index >= 15 is 0 Å². The fourth-order valence-corrected chi connectivity index (χ4v) is 2.87. The van der Waals surface area contributed by atoms with Crippen molar-refractivity contribution < 1.29 is 4.79 Å². The molecule has 1 aliphatic rings. The van der Waals surface area contributed by atoms with Crippen LogP contribution in [0.1, 0.15) is 33.3 Å². The van der Waals surface area contributed by atoms with Gasteiger partial charge in [0, 0.05) is 4.90 Å². The number of fused-ring (bicyclic) bond motifs is 1. The summed E-state index contributed by atoms with van der Waals surface area (Å²) in [6.45, 7) is 7.59. The first-order valence-corrected chi connectivity index (χ1v) is 6.64. The van der Waals surface area contributed by atoms with Crippen LogP contribution in [0, 0.1) is 11.3 Å². The van der Waals surface area contributed by atoms with Crippen molar-refractivity contribution in [3.8, 4) is 6.07 Å². The smallest absolute Gasteiger partial charge is 0.240 e. The van der Waals surface area contributed by atoms with E-state index in [0.717, 1.165) is 16.1 Å². The number of anilines is 1. The van der Waals surface area contributed by atoms with E-state index in [9.17, 15) is 4.79 Å². The lowest BCUT2D eigenvalue weighted by Crippen LogP contribution is -2.37. The van der Waals surface area contributed by atoms with Crippen LogP contribution in [-0.4, -0.2) is 10.7 Å². The Morgan fingerprint density at radius 3 is 2.67 bits per heavy atom. The first-order valence-electron chi connectivity index (χ1n) is 5.82. The van der Waals surface area contributed by atoms with Crippen molar-refractivity contribution >= 4 is 23.4 Å². The van der Waals surface area contributed by atoms with Crippen LogP contribution >= 0.6 is 11.8 Å². The maximum absolute atomic E-state index is 11.8. The Morgan fingerprint density at radius 2 is 2.06 bits per heavy atom. The highest BCUT2D eigenvalue weighted by atomic mass is 32.2. The lowest BCUT2D eigenvalue weighted by molar-refractivity contribution is -0.117. The lowest BCUT2D eigenvalue weighted by Gasteiger charge is -2.30. The first-order chi connectivity index (χ1) is 8.26. The van der Waals surface area contributed by atoms with Gasteiger partial charge in [0.05, 0.1) is 21.9 Å². The van der Waals surface area contributed by atoms with Gasteiger partial charge in [0.2, 0.25) is 5.91 Å². The van der Waals surface area contributed by atoms with Crippen molar-refractivity contribution in [2.75, 3.05) is 5.32 Å². The van der Waals surface area contributed by atoms with Crippen LogP contribution in [0.25, 0.3) is 0 Å². The van der Waals surface area contributed by atoms with Gasteiger partial charge in [-0.15, -0.1) is 11.8 Å². The molecule has 0 fully saturated rings. The number of nitrogens with one attached hydrogen (secondary N) is 1. The standard InChI is InChI=1S/C14H16N2OS/c1-13(2,8-15)9-5-6-10-11(7-9)18-14(3,4)12(17)16-10/h5-7H,1-4H3,(H,16,17). The Labute approximate surface area is 112 Å². The molecule has 1 amide bonds. The summed E-state index contributed by atoms with van der Waals surface area (Å²) >= 11 is 1.54. The molecule has 1 aromatic carbocycles. The molecule has 3 nitrogen and oxygen atoms in total. The molecule has 0 saturated carbocycles. The second-order valence-electron chi connectivity index (χ2n) is 5.51. The molecule has 94 valence electrons. The number of hydrogen-bond acceptors (Lipinski definition) is 3. The number of benzene rings is 1. The molecule has 0 unspecified atom stereocenters. The average molecular weight is 260 g/mol. The molecule has 0 spiro atoms. The summed E-state index contributed by atoms with van der Waals surface area (Å²) < 4.78 is -0.470. The number of nitriles is 1.